The molecule has 1 aromatic heterocycles. The van der Waals surface area contributed by atoms with Crippen molar-refractivity contribution in [3.05, 3.63) is 53.1 Å². The summed E-state index contributed by atoms with van der Waals surface area (Å²) in [6, 6.07) is 11.6. The van der Waals surface area contributed by atoms with Crippen molar-refractivity contribution in [2.24, 2.45) is 0 Å². The van der Waals surface area contributed by atoms with E-state index in [1.165, 1.54) is 11.3 Å². The minimum absolute atomic E-state index is 0.123. The molecule has 8 heteroatoms. The average Bonchev–Trinajstić information content (AvgIpc) is 2.88. The van der Waals surface area contributed by atoms with Crippen LogP contribution in [0.3, 0.4) is 0 Å². The number of anilines is 1. The van der Waals surface area contributed by atoms with Gasteiger partial charge in [-0.2, -0.15) is 0 Å². The van der Waals surface area contributed by atoms with E-state index in [2.05, 4.69) is 15.6 Å². The first-order chi connectivity index (χ1) is 11.0. The molecule has 0 saturated heterocycles. The van der Waals surface area contributed by atoms with Crippen LogP contribution in [0.15, 0.2) is 42.5 Å². The topological polar surface area (TPSA) is 74.2 Å². The largest absolute Gasteiger partial charge is 0.508 e. The summed E-state index contributed by atoms with van der Waals surface area (Å²) in [5, 5.41) is 15.9. The summed E-state index contributed by atoms with van der Waals surface area (Å²) >= 11 is 12.4. The van der Waals surface area contributed by atoms with Crippen LogP contribution < -0.4 is 10.6 Å². The van der Waals surface area contributed by atoms with Crippen molar-refractivity contribution in [2.45, 2.75) is 0 Å². The molecule has 0 atom stereocenters. The average molecular weight is 364 g/mol. The Kier molecular flexibility index (Phi) is 4.42. The van der Waals surface area contributed by atoms with E-state index in [4.69, 9.17) is 23.8 Å². The number of nitrogens with zero attached hydrogens (tertiary/aromatic N) is 1. The summed E-state index contributed by atoms with van der Waals surface area (Å²) < 4.78 is 0.813. The maximum Gasteiger partial charge on any atom is 0.258 e. The molecule has 3 rings (SSSR count). The third-order valence-corrected chi connectivity index (χ3v) is 4.41. The van der Waals surface area contributed by atoms with Crippen molar-refractivity contribution < 1.29 is 9.90 Å². The zero-order valence-electron chi connectivity index (χ0n) is 11.5. The van der Waals surface area contributed by atoms with Gasteiger partial charge in [0.15, 0.2) is 10.2 Å². The van der Waals surface area contributed by atoms with Gasteiger partial charge in [0.1, 0.15) is 5.75 Å². The molecule has 116 valence electrons. The number of aromatic hydroxyl groups is 1. The van der Waals surface area contributed by atoms with Crippen LogP contribution in [0.2, 0.25) is 5.02 Å². The minimum Gasteiger partial charge on any atom is -0.508 e. The number of benzene rings is 2. The van der Waals surface area contributed by atoms with E-state index < -0.39 is 5.91 Å². The number of nitrogens with one attached hydrogen (secondary N) is 2. The molecule has 0 bridgehead atoms. The Bertz CT molecular complexity index is 911. The lowest BCUT2D eigenvalue weighted by Crippen LogP contribution is -2.34. The van der Waals surface area contributed by atoms with E-state index in [9.17, 15) is 9.90 Å². The molecule has 23 heavy (non-hydrogen) atoms. The highest BCUT2D eigenvalue weighted by molar-refractivity contribution is 7.80. The first-order valence-corrected chi connectivity index (χ1v) is 8.09. The molecule has 0 aliphatic carbocycles. The van der Waals surface area contributed by atoms with Crippen LogP contribution in [0.5, 0.6) is 5.75 Å². The van der Waals surface area contributed by atoms with Crippen LogP contribution >= 0.6 is 35.2 Å². The normalized spacial score (nSPS) is 10.5. The molecule has 0 saturated carbocycles. The summed E-state index contributed by atoms with van der Waals surface area (Å²) in [4.78, 5) is 16.4. The molecule has 3 N–H and O–H groups in total. The highest BCUT2D eigenvalue weighted by Gasteiger charge is 2.12. The monoisotopic (exact) mass is 363 g/mol. The number of thiazole rings is 1. The minimum atomic E-state index is -0.396. The van der Waals surface area contributed by atoms with Crippen LogP contribution in [-0.2, 0) is 0 Å². The second-order valence-electron chi connectivity index (χ2n) is 4.56. The Morgan fingerprint density at radius 2 is 2.04 bits per heavy atom. The van der Waals surface area contributed by atoms with E-state index in [1.807, 2.05) is 0 Å². The molecule has 0 aliphatic heterocycles. The maximum atomic E-state index is 12.1. The number of hydrogen-bond donors (Lipinski definition) is 3. The Hall–Kier alpha value is -2.22. The zero-order chi connectivity index (χ0) is 16.4. The highest BCUT2D eigenvalue weighted by atomic mass is 35.5. The van der Waals surface area contributed by atoms with Crippen molar-refractivity contribution >= 4 is 61.5 Å². The third-order valence-electron chi connectivity index (χ3n) is 2.94. The van der Waals surface area contributed by atoms with Gasteiger partial charge in [-0.05, 0) is 42.5 Å². The van der Waals surface area contributed by atoms with Gasteiger partial charge >= 0.3 is 0 Å². The van der Waals surface area contributed by atoms with Crippen LogP contribution in [0.4, 0.5) is 5.13 Å². The number of fused-ring (bicyclic) bond motifs is 1. The van der Waals surface area contributed by atoms with Crippen LogP contribution in [-0.4, -0.2) is 21.1 Å². The molecule has 0 unspecified atom stereocenters. The van der Waals surface area contributed by atoms with E-state index in [-0.39, 0.29) is 10.9 Å². The molecule has 1 heterocycles. The third kappa shape index (κ3) is 3.58. The molecule has 0 spiro atoms. The molecular weight excluding hydrogens is 354 g/mol. The van der Waals surface area contributed by atoms with Crippen molar-refractivity contribution in [3.63, 3.8) is 0 Å². The summed E-state index contributed by atoms with van der Waals surface area (Å²) in [6.07, 6.45) is 0. The fourth-order valence-electron chi connectivity index (χ4n) is 1.91. The fourth-order valence-corrected chi connectivity index (χ4v) is 3.29. The maximum absolute atomic E-state index is 12.1. The Balaban J connectivity index is 1.71. The van der Waals surface area contributed by atoms with Gasteiger partial charge < -0.3 is 10.4 Å². The molecule has 1 amide bonds. The summed E-state index contributed by atoms with van der Waals surface area (Å²) in [7, 11) is 0. The molecule has 0 aliphatic rings. The number of hydrogen-bond acceptors (Lipinski definition) is 5. The van der Waals surface area contributed by atoms with Gasteiger partial charge in [0.2, 0.25) is 0 Å². The van der Waals surface area contributed by atoms with Crippen LogP contribution in [0.1, 0.15) is 10.4 Å². The highest BCUT2D eigenvalue weighted by Crippen LogP contribution is 2.28. The Labute approximate surface area is 145 Å². The van der Waals surface area contributed by atoms with Gasteiger partial charge in [-0.3, -0.25) is 10.1 Å². The number of halogens is 1. The summed E-state index contributed by atoms with van der Waals surface area (Å²) in [6.45, 7) is 0. The van der Waals surface area contributed by atoms with Gasteiger partial charge in [-0.25, -0.2) is 4.98 Å². The molecule has 2 aromatic carbocycles. The molecule has 0 fully saturated rings. The first-order valence-electron chi connectivity index (χ1n) is 6.49. The van der Waals surface area contributed by atoms with Gasteiger partial charge in [0.25, 0.3) is 5.91 Å². The smallest absolute Gasteiger partial charge is 0.258 e. The van der Waals surface area contributed by atoms with Crippen molar-refractivity contribution in [3.8, 4) is 5.75 Å². The number of carbonyl (C=O) groups excluding carboxylic acids is 1. The standard InChI is InChI=1S/C15H10ClN3O2S2/c16-10-4-2-1-3-9(10)13(21)18-14(22)19-15-17-11-6-5-8(20)7-12(11)23-15/h1-7,20H,(H2,17,18,19,21,22). The Morgan fingerprint density at radius 1 is 1.26 bits per heavy atom. The van der Waals surface area contributed by atoms with Gasteiger partial charge in [0.05, 0.1) is 20.8 Å². The van der Waals surface area contributed by atoms with Crippen molar-refractivity contribution in [1.29, 1.82) is 0 Å². The summed E-state index contributed by atoms with van der Waals surface area (Å²) in [5.41, 5.74) is 1.07. The first kappa shape index (κ1) is 15.7. The lowest BCUT2D eigenvalue weighted by atomic mass is 10.2. The van der Waals surface area contributed by atoms with E-state index in [1.54, 1.807) is 42.5 Å². The quantitative estimate of drug-likeness (QED) is 0.604. The van der Waals surface area contributed by atoms with E-state index >= 15 is 0 Å². The molecule has 5 nitrogen and oxygen atoms in total. The number of thiocarbonyl (C=S) groups is 1. The molecule has 3 aromatic rings. The second-order valence-corrected chi connectivity index (χ2v) is 6.41. The molecular formula is C15H10ClN3O2S2. The van der Waals surface area contributed by atoms with Crippen molar-refractivity contribution in [2.75, 3.05) is 5.32 Å². The number of phenolic OH excluding ortho intramolecular Hbond substituents is 1. The lowest BCUT2D eigenvalue weighted by molar-refractivity contribution is 0.0978. The van der Waals surface area contributed by atoms with E-state index in [0.29, 0.717) is 15.7 Å². The predicted octanol–water partition coefficient (Wildman–Crippen LogP) is 3.78. The Morgan fingerprint density at radius 3 is 2.83 bits per heavy atom. The summed E-state index contributed by atoms with van der Waals surface area (Å²) in [5.74, 6) is -0.228. The predicted molar refractivity (Wildman–Crippen MR) is 96.4 cm³/mol. The van der Waals surface area contributed by atoms with Crippen molar-refractivity contribution in [1.82, 2.24) is 10.3 Å². The van der Waals surface area contributed by atoms with Crippen LogP contribution in [0, 0.1) is 0 Å². The van der Waals surface area contributed by atoms with E-state index in [0.717, 1.165) is 10.2 Å². The molecule has 0 radical (unpaired) electrons. The fraction of sp³-hybridized carbons (Fsp3) is 0. The van der Waals surface area contributed by atoms with Gasteiger partial charge in [-0.1, -0.05) is 35.1 Å². The van der Waals surface area contributed by atoms with Gasteiger partial charge in [0, 0.05) is 0 Å². The number of amides is 1. The van der Waals surface area contributed by atoms with Gasteiger partial charge in [-0.15, -0.1) is 0 Å². The SMILES string of the molecule is O=C(NC(=S)Nc1nc2ccc(O)cc2s1)c1ccccc1Cl. The number of carbonyl (C=O) groups is 1. The number of phenols is 1. The zero-order valence-corrected chi connectivity index (χ0v) is 13.9. The lowest BCUT2D eigenvalue weighted by Gasteiger charge is -2.08. The number of rotatable bonds is 2. The van der Waals surface area contributed by atoms with Crippen LogP contribution in [0.25, 0.3) is 10.2 Å². The number of aromatic nitrogens is 1. The second kappa shape index (κ2) is 6.49.